The molecule has 6 heteroatoms. The van der Waals surface area contributed by atoms with Gasteiger partial charge in [-0.15, -0.1) is 0 Å². The third-order valence-electron chi connectivity index (χ3n) is 3.18. The maximum Gasteiger partial charge on any atom is 0.240 e. The molecule has 2 rings (SSSR count). The molecule has 0 saturated carbocycles. The SMILES string of the molecule is Cc1n[nH]c(C)c1[C@@H](C)NC(=O)Cn1ccc(=O)cc1. The van der Waals surface area contributed by atoms with Crippen molar-refractivity contribution in [1.29, 1.82) is 0 Å². The minimum atomic E-state index is -0.111. The minimum absolute atomic E-state index is 0.0697. The van der Waals surface area contributed by atoms with E-state index >= 15 is 0 Å². The molecule has 2 heterocycles. The zero-order chi connectivity index (χ0) is 14.7. The molecule has 20 heavy (non-hydrogen) atoms. The highest BCUT2D eigenvalue weighted by atomic mass is 16.2. The van der Waals surface area contributed by atoms with Gasteiger partial charge in [0.15, 0.2) is 5.43 Å². The fourth-order valence-electron chi connectivity index (χ4n) is 2.27. The third kappa shape index (κ3) is 3.14. The van der Waals surface area contributed by atoms with E-state index in [0.29, 0.717) is 0 Å². The maximum absolute atomic E-state index is 12.0. The van der Waals surface area contributed by atoms with Crippen molar-refractivity contribution in [2.75, 3.05) is 0 Å². The largest absolute Gasteiger partial charge is 0.348 e. The highest BCUT2D eigenvalue weighted by molar-refractivity contribution is 5.76. The topological polar surface area (TPSA) is 79.8 Å². The van der Waals surface area contributed by atoms with Crippen molar-refractivity contribution in [2.45, 2.75) is 33.4 Å². The number of amides is 1. The fraction of sp³-hybridized carbons (Fsp3) is 0.357. The van der Waals surface area contributed by atoms with Gasteiger partial charge in [-0.3, -0.25) is 14.7 Å². The Balaban J connectivity index is 2.01. The minimum Gasteiger partial charge on any atom is -0.348 e. The summed E-state index contributed by atoms with van der Waals surface area (Å²) in [6.07, 6.45) is 3.20. The summed E-state index contributed by atoms with van der Waals surface area (Å²) in [6.45, 7) is 5.94. The number of aromatic amines is 1. The second kappa shape index (κ2) is 5.73. The Bertz CT molecular complexity index is 632. The van der Waals surface area contributed by atoms with Crippen LogP contribution in [0.15, 0.2) is 29.3 Å². The van der Waals surface area contributed by atoms with Crippen molar-refractivity contribution in [1.82, 2.24) is 20.1 Å². The summed E-state index contributed by atoms with van der Waals surface area (Å²) in [4.78, 5) is 23.0. The highest BCUT2D eigenvalue weighted by Crippen LogP contribution is 2.18. The Labute approximate surface area is 116 Å². The number of H-pyrrole nitrogens is 1. The lowest BCUT2D eigenvalue weighted by atomic mass is 10.1. The van der Waals surface area contributed by atoms with Gasteiger partial charge in [-0.1, -0.05) is 0 Å². The van der Waals surface area contributed by atoms with E-state index in [1.807, 2.05) is 20.8 Å². The van der Waals surface area contributed by atoms with E-state index in [1.165, 1.54) is 12.1 Å². The molecule has 0 fully saturated rings. The molecule has 0 radical (unpaired) electrons. The lowest BCUT2D eigenvalue weighted by Crippen LogP contribution is -2.30. The van der Waals surface area contributed by atoms with Crippen LogP contribution in [0.5, 0.6) is 0 Å². The molecule has 106 valence electrons. The molecular weight excluding hydrogens is 256 g/mol. The van der Waals surface area contributed by atoms with Crippen LogP contribution >= 0.6 is 0 Å². The first-order chi connectivity index (χ1) is 9.47. The van der Waals surface area contributed by atoms with Crippen LogP contribution in [0.3, 0.4) is 0 Å². The number of rotatable bonds is 4. The second-order valence-electron chi connectivity index (χ2n) is 4.84. The molecule has 0 spiro atoms. The highest BCUT2D eigenvalue weighted by Gasteiger charge is 2.16. The van der Waals surface area contributed by atoms with Gasteiger partial charge in [0.05, 0.1) is 11.7 Å². The number of aryl methyl sites for hydroxylation is 2. The first-order valence-corrected chi connectivity index (χ1v) is 6.44. The molecule has 0 aliphatic heterocycles. The molecule has 0 unspecified atom stereocenters. The Hall–Kier alpha value is -2.37. The molecule has 6 nitrogen and oxygen atoms in total. The Kier molecular flexibility index (Phi) is 4.02. The number of pyridine rings is 1. The molecule has 1 atom stereocenters. The molecule has 2 aromatic rings. The Morgan fingerprint density at radius 2 is 2.05 bits per heavy atom. The molecule has 0 saturated heterocycles. The number of nitrogens with one attached hydrogen (secondary N) is 2. The van der Waals surface area contributed by atoms with E-state index in [0.717, 1.165) is 17.0 Å². The average Bonchev–Trinajstić information content (AvgIpc) is 2.72. The van der Waals surface area contributed by atoms with Gasteiger partial charge in [0.25, 0.3) is 0 Å². The van der Waals surface area contributed by atoms with Gasteiger partial charge in [0.2, 0.25) is 5.91 Å². The summed E-state index contributed by atoms with van der Waals surface area (Å²) < 4.78 is 1.67. The second-order valence-corrected chi connectivity index (χ2v) is 4.84. The van der Waals surface area contributed by atoms with Crippen LogP contribution in [0, 0.1) is 13.8 Å². The van der Waals surface area contributed by atoms with Crippen LogP contribution in [-0.2, 0) is 11.3 Å². The number of aromatic nitrogens is 3. The number of hydrogen-bond donors (Lipinski definition) is 2. The van der Waals surface area contributed by atoms with Crippen LogP contribution in [0.25, 0.3) is 0 Å². The zero-order valence-corrected chi connectivity index (χ0v) is 11.8. The summed E-state index contributed by atoms with van der Waals surface area (Å²) in [5.41, 5.74) is 2.79. The van der Waals surface area contributed by atoms with Crippen LogP contribution in [-0.4, -0.2) is 20.7 Å². The number of carbonyl (C=O) groups excluding carboxylic acids is 1. The Morgan fingerprint density at radius 1 is 1.40 bits per heavy atom. The van der Waals surface area contributed by atoms with Crippen molar-refractivity contribution in [2.24, 2.45) is 0 Å². The molecule has 2 aromatic heterocycles. The fourth-order valence-corrected chi connectivity index (χ4v) is 2.27. The average molecular weight is 274 g/mol. The van der Waals surface area contributed by atoms with Gasteiger partial charge < -0.3 is 9.88 Å². The van der Waals surface area contributed by atoms with Crippen LogP contribution in [0.4, 0.5) is 0 Å². The maximum atomic E-state index is 12.0. The lowest BCUT2D eigenvalue weighted by Gasteiger charge is -2.15. The van der Waals surface area contributed by atoms with E-state index < -0.39 is 0 Å². The molecule has 0 aromatic carbocycles. The lowest BCUT2D eigenvalue weighted by molar-refractivity contribution is -0.122. The molecule has 0 aliphatic rings. The molecular formula is C14H18N4O2. The molecule has 0 bridgehead atoms. The van der Waals surface area contributed by atoms with Crippen LogP contribution < -0.4 is 10.7 Å². The first-order valence-electron chi connectivity index (χ1n) is 6.44. The smallest absolute Gasteiger partial charge is 0.240 e. The van der Waals surface area contributed by atoms with Gasteiger partial charge in [0, 0.05) is 35.8 Å². The van der Waals surface area contributed by atoms with Crippen molar-refractivity contribution in [3.8, 4) is 0 Å². The summed E-state index contributed by atoms with van der Waals surface area (Å²) in [7, 11) is 0. The number of carbonyl (C=O) groups is 1. The van der Waals surface area contributed by atoms with Gasteiger partial charge in [0.1, 0.15) is 6.54 Å². The predicted molar refractivity (Wildman–Crippen MR) is 75.3 cm³/mol. The van der Waals surface area contributed by atoms with Crippen molar-refractivity contribution >= 4 is 5.91 Å². The number of nitrogens with zero attached hydrogens (tertiary/aromatic N) is 2. The van der Waals surface area contributed by atoms with E-state index in [9.17, 15) is 9.59 Å². The first kappa shape index (κ1) is 14.0. The molecule has 1 amide bonds. The van der Waals surface area contributed by atoms with E-state index in [-0.39, 0.29) is 23.9 Å². The van der Waals surface area contributed by atoms with Crippen LogP contribution in [0.1, 0.15) is 29.9 Å². The van der Waals surface area contributed by atoms with Gasteiger partial charge in [-0.25, -0.2) is 0 Å². The third-order valence-corrected chi connectivity index (χ3v) is 3.18. The van der Waals surface area contributed by atoms with E-state index in [2.05, 4.69) is 15.5 Å². The normalized spacial score (nSPS) is 12.2. The summed E-state index contributed by atoms with van der Waals surface area (Å²) >= 11 is 0. The van der Waals surface area contributed by atoms with E-state index in [4.69, 9.17) is 0 Å². The van der Waals surface area contributed by atoms with Gasteiger partial charge in [-0.05, 0) is 20.8 Å². The van der Waals surface area contributed by atoms with Crippen molar-refractivity contribution in [3.05, 3.63) is 51.7 Å². The van der Waals surface area contributed by atoms with Gasteiger partial charge in [-0.2, -0.15) is 5.10 Å². The number of hydrogen-bond acceptors (Lipinski definition) is 3. The summed E-state index contributed by atoms with van der Waals surface area (Å²) in [6, 6.07) is 2.75. The predicted octanol–water partition coefficient (Wildman–Crippen LogP) is 1.07. The monoisotopic (exact) mass is 274 g/mol. The van der Waals surface area contributed by atoms with Crippen molar-refractivity contribution < 1.29 is 4.79 Å². The van der Waals surface area contributed by atoms with E-state index in [1.54, 1.807) is 17.0 Å². The van der Waals surface area contributed by atoms with Gasteiger partial charge >= 0.3 is 0 Å². The molecule has 2 N–H and O–H groups in total. The summed E-state index contributed by atoms with van der Waals surface area (Å²) in [5, 5.41) is 9.96. The summed E-state index contributed by atoms with van der Waals surface area (Å²) in [5.74, 6) is -0.110. The quantitative estimate of drug-likeness (QED) is 0.875. The zero-order valence-electron chi connectivity index (χ0n) is 11.8. The van der Waals surface area contributed by atoms with Crippen LogP contribution in [0.2, 0.25) is 0 Å². The van der Waals surface area contributed by atoms with Crippen molar-refractivity contribution in [3.63, 3.8) is 0 Å². The Morgan fingerprint density at radius 3 is 2.60 bits per heavy atom. The standard InChI is InChI=1S/C14H18N4O2/c1-9(14-10(2)16-17-11(14)3)15-13(20)8-18-6-4-12(19)5-7-18/h4-7,9H,8H2,1-3H3,(H,15,20)(H,16,17)/t9-/m1/s1. The molecule has 0 aliphatic carbocycles.